The summed E-state index contributed by atoms with van der Waals surface area (Å²) < 4.78 is 7.21. The summed E-state index contributed by atoms with van der Waals surface area (Å²) in [6, 6.07) is 27.4. The molecule has 0 aliphatic carbocycles. The molecule has 1 atom stereocenters. The van der Waals surface area contributed by atoms with Crippen molar-refractivity contribution in [1.29, 1.82) is 0 Å². The van der Waals surface area contributed by atoms with Crippen LogP contribution in [0, 0.1) is 0 Å². The second kappa shape index (κ2) is 10.4. The summed E-state index contributed by atoms with van der Waals surface area (Å²) in [6.07, 6.45) is 0. The lowest BCUT2D eigenvalue weighted by Crippen LogP contribution is -2.35. The van der Waals surface area contributed by atoms with E-state index in [1.165, 1.54) is 11.8 Å². The van der Waals surface area contributed by atoms with E-state index < -0.39 is 0 Å². The Morgan fingerprint density at radius 1 is 0.939 bits per heavy atom. The molecule has 33 heavy (non-hydrogen) atoms. The number of hydrogen-bond acceptors (Lipinski definition) is 5. The summed E-state index contributed by atoms with van der Waals surface area (Å²) >= 11 is 1.38. The number of methoxy groups -OCH3 is 1. The molecule has 0 saturated carbocycles. The average molecular weight is 459 g/mol. The van der Waals surface area contributed by atoms with Gasteiger partial charge in [0.2, 0.25) is 5.91 Å². The van der Waals surface area contributed by atoms with Gasteiger partial charge in [-0.05, 0) is 30.2 Å². The first kappa shape index (κ1) is 22.6. The van der Waals surface area contributed by atoms with E-state index in [9.17, 15) is 4.79 Å². The molecule has 1 unspecified atom stereocenters. The van der Waals surface area contributed by atoms with E-state index in [-0.39, 0.29) is 17.2 Å². The van der Waals surface area contributed by atoms with Gasteiger partial charge in [-0.3, -0.25) is 4.79 Å². The van der Waals surface area contributed by atoms with Gasteiger partial charge >= 0.3 is 0 Å². The van der Waals surface area contributed by atoms with E-state index in [1.807, 2.05) is 103 Å². The van der Waals surface area contributed by atoms with Crippen molar-refractivity contribution in [2.45, 2.75) is 23.4 Å². The number of amides is 1. The van der Waals surface area contributed by atoms with Crippen molar-refractivity contribution < 1.29 is 9.53 Å². The number of aromatic nitrogens is 3. The molecule has 3 aromatic carbocycles. The van der Waals surface area contributed by atoms with E-state index in [0.717, 1.165) is 28.3 Å². The molecule has 168 valence electrons. The quantitative estimate of drug-likeness (QED) is 0.381. The Labute approximate surface area is 198 Å². The number of carbonyl (C=O) groups is 1. The lowest BCUT2D eigenvalue weighted by atomic mass is 9.98. The molecule has 1 N–H and O–H groups in total. The smallest absolute Gasteiger partial charge is 0.234 e. The lowest BCUT2D eigenvalue weighted by molar-refractivity contribution is -0.120. The van der Waals surface area contributed by atoms with Crippen LogP contribution in [0.15, 0.2) is 90.1 Å². The summed E-state index contributed by atoms with van der Waals surface area (Å²) in [5.41, 5.74) is 2.97. The third-order valence-electron chi connectivity index (χ3n) is 5.37. The second-order valence-corrected chi connectivity index (χ2v) is 8.93. The summed E-state index contributed by atoms with van der Waals surface area (Å²) in [7, 11) is 3.54. The Hall–Kier alpha value is -3.58. The van der Waals surface area contributed by atoms with E-state index >= 15 is 0 Å². The predicted molar refractivity (Wildman–Crippen MR) is 131 cm³/mol. The topological polar surface area (TPSA) is 69.0 Å². The highest BCUT2D eigenvalue weighted by Gasteiger charge is 2.23. The summed E-state index contributed by atoms with van der Waals surface area (Å²) in [6.45, 7) is 1.88. The maximum atomic E-state index is 13.2. The number of rotatable bonds is 8. The standard InChI is InChI=1S/C26H26N4O2S/c1-18(33-26-29-28-24(30(26)2)21-15-10-16-22(17-21)32-3)25(31)27-23(19-11-6-4-7-12-19)20-13-8-5-9-14-20/h4-18,23H,1-3H3,(H,27,31). The normalized spacial score (nSPS) is 11.9. The summed E-state index contributed by atoms with van der Waals surface area (Å²) in [4.78, 5) is 13.2. The van der Waals surface area contributed by atoms with Gasteiger partial charge < -0.3 is 14.6 Å². The SMILES string of the molecule is COc1cccc(-c2nnc(SC(C)C(=O)NC(c3ccccc3)c3ccccc3)n2C)c1. The van der Waals surface area contributed by atoms with Gasteiger partial charge in [0.15, 0.2) is 11.0 Å². The van der Waals surface area contributed by atoms with Gasteiger partial charge in [0.05, 0.1) is 18.4 Å². The Kier molecular flexibility index (Phi) is 7.10. The second-order valence-electron chi connectivity index (χ2n) is 7.62. The molecular weight excluding hydrogens is 432 g/mol. The average Bonchev–Trinajstić information content (AvgIpc) is 3.23. The van der Waals surface area contributed by atoms with E-state index in [1.54, 1.807) is 7.11 Å². The Morgan fingerprint density at radius 2 is 1.58 bits per heavy atom. The molecular formula is C26H26N4O2S. The molecule has 4 aromatic rings. The maximum Gasteiger partial charge on any atom is 0.234 e. The third-order valence-corrected chi connectivity index (χ3v) is 6.50. The monoisotopic (exact) mass is 458 g/mol. The van der Waals surface area contributed by atoms with Gasteiger partial charge in [-0.15, -0.1) is 10.2 Å². The molecule has 1 aromatic heterocycles. The van der Waals surface area contributed by atoms with E-state index in [2.05, 4.69) is 15.5 Å². The molecule has 6 nitrogen and oxygen atoms in total. The van der Waals surface area contributed by atoms with Gasteiger partial charge in [0.1, 0.15) is 5.75 Å². The fourth-order valence-electron chi connectivity index (χ4n) is 3.55. The molecule has 0 fully saturated rings. The minimum absolute atomic E-state index is 0.0661. The zero-order chi connectivity index (χ0) is 23.2. The number of benzene rings is 3. The van der Waals surface area contributed by atoms with Crippen LogP contribution >= 0.6 is 11.8 Å². The van der Waals surface area contributed by atoms with Gasteiger partial charge in [-0.25, -0.2) is 0 Å². The Bertz CT molecular complexity index is 1170. The van der Waals surface area contributed by atoms with Crippen LogP contribution in [-0.2, 0) is 11.8 Å². The van der Waals surface area contributed by atoms with Crippen LogP contribution in [0.25, 0.3) is 11.4 Å². The molecule has 1 heterocycles. The van der Waals surface area contributed by atoms with Gasteiger partial charge in [-0.1, -0.05) is 84.6 Å². The first-order valence-electron chi connectivity index (χ1n) is 10.7. The molecule has 7 heteroatoms. The minimum atomic E-state index is -0.360. The maximum absolute atomic E-state index is 13.2. The number of nitrogens with zero attached hydrogens (tertiary/aromatic N) is 3. The number of nitrogens with one attached hydrogen (secondary N) is 1. The van der Waals surface area contributed by atoms with Crippen LogP contribution in [0.3, 0.4) is 0 Å². The van der Waals surface area contributed by atoms with Crippen molar-refractivity contribution in [3.05, 3.63) is 96.1 Å². The molecule has 4 rings (SSSR count). The fraction of sp³-hybridized carbons (Fsp3) is 0.192. The number of ether oxygens (including phenoxy) is 1. The van der Waals surface area contributed by atoms with Crippen molar-refractivity contribution in [3.63, 3.8) is 0 Å². The predicted octanol–water partition coefficient (Wildman–Crippen LogP) is 4.88. The fourth-order valence-corrected chi connectivity index (χ4v) is 4.38. The van der Waals surface area contributed by atoms with Crippen LogP contribution in [0.1, 0.15) is 24.1 Å². The molecule has 0 spiro atoms. The number of carbonyl (C=O) groups excluding carboxylic acids is 1. The summed E-state index contributed by atoms with van der Waals surface area (Å²) in [5, 5.41) is 12.2. The third kappa shape index (κ3) is 5.26. The number of hydrogen-bond donors (Lipinski definition) is 1. The first-order valence-corrected chi connectivity index (χ1v) is 11.6. The molecule has 0 bridgehead atoms. The zero-order valence-electron chi connectivity index (χ0n) is 18.8. The molecule has 0 aliphatic rings. The molecule has 0 aliphatic heterocycles. The molecule has 0 radical (unpaired) electrons. The van der Waals surface area contributed by atoms with Crippen molar-refractivity contribution >= 4 is 17.7 Å². The van der Waals surface area contributed by atoms with Crippen molar-refractivity contribution in [1.82, 2.24) is 20.1 Å². The zero-order valence-corrected chi connectivity index (χ0v) is 19.6. The van der Waals surface area contributed by atoms with Crippen molar-refractivity contribution in [3.8, 4) is 17.1 Å². The lowest BCUT2D eigenvalue weighted by Gasteiger charge is -2.22. The van der Waals surface area contributed by atoms with Gasteiger partial charge in [-0.2, -0.15) is 0 Å². The van der Waals surface area contributed by atoms with Gasteiger partial charge in [0, 0.05) is 12.6 Å². The van der Waals surface area contributed by atoms with Gasteiger partial charge in [0.25, 0.3) is 0 Å². The Morgan fingerprint density at radius 3 is 2.18 bits per heavy atom. The minimum Gasteiger partial charge on any atom is -0.497 e. The summed E-state index contributed by atoms with van der Waals surface area (Å²) in [5.74, 6) is 1.41. The van der Waals surface area contributed by atoms with Crippen LogP contribution in [0.5, 0.6) is 5.75 Å². The van der Waals surface area contributed by atoms with Crippen LogP contribution in [0.2, 0.25) is 0 Å². The largest absolute Gasteiger partial charge is 0.497 e. The van der Waals surface area contributed by atoms with E-state index in [0.29, 0.717) is 5.16 Å². The van der Waals surface area contributed by atoms with Crippen LogP contribution < -0.4 is 10.1 Å². The molecule has 1 amide bonds. The van der Waals surface area contributed by atoms with Crippen LogP contribution in [-0.4, -0.2) is 33.0 Å². The molecule has 0 saturated heterocycles. The van der Waals surface area contributed by atoms with Crippen molar-refractivity contribution in [2.75, 3.05) is 7.11 Å². The van der Waals surface area contributed by atoms with Crippen molar-refractivity contribution in [2.24, 2.45) is 7.05 Å². The Balaban J connectivity index is 1.51. The highest BCUT2D eigenvalue weighted by Crippen LogP contribution is 2.28. The van der Waals surface area contributed by atoms with Crippen LogP contribution in [0.4, 0.5) is 0 Å². The highest BCUT2D eigenvalue weighted by atomic mass is 32.2. The number of thioether (sulfide) groups is 1. The first-order chi connectivity index (χ1) is 16.1. The highest BCUT2D eigenvalue weighted by molar-refractivity contribution is 8.00. The van der Waals surface area contributed by atoms with E-state index in [4.69, 9.17) is 4.74 Å².